The van der Waals surface area contributed by atoms with E-state index in [4.69, 9.17) is 4.42 Å². The van der Waals surface area contributed by atoms with Crippen molar-refractivity contribution in [1.29, 1.82) is 0 Å². The number of furan rings is 1. The molecule has 1 aliphatic heterocycles. The van der Waals surface area contributed by atoms with Gasteiger partial charge in [-0.2, -0.15) is 10.2 Å². The number of nitrogens with zero attached hydrogens (tertiary/aromatic N) is 2. The number of aromatic nitrogens is 2. The molecule has 1 atom stereocenters. The monoisotopic (exact) mass is 189 g/mol. The van der Waals surface area contributed by atoms with Crippen LogP contribution in [0, 0.1) is 0 Å². The summed E-state index contributed by atoms with van der Waals surface area (Å²) in [6.07, 6.45) is 4.56. The molecule has 0 bridgehead atoms. The van der Waals surface area contributed by atoms with E-state index in [9.17, 15) is 0 Å². The van der Waals surface area contributed by atoms with Crippen molar-refractivity contribution < 1.29 is 4.42 Å². The van der Waals surface area contributed by atoms with Gasteiger partial charge in [0.2, 0.25) is 0 Å². The van der Waals surface area contributed by atoms with Crippen LogP contribution in [0.3, 0.4) is 0 Å². The van der Waals surface area contributed by atoms with E-state index in [1.807, 2.05) is 0 Å². The largest absolute Gasteiger partial charge is 0.459 e. The first-order chi connectivity index (χ1) is 6.93. The first-order valence-corrected chi connectivity index (χ1v) is 4.84. The Labute approximate surface area is 81.3 Å². The summed E-state index contributed by atoms with van der Waals surface area (Å²) >= 11 is 0. The van der Waals surface area contributed by atoms with E-state index < -0.39 is 0 Å². The van der Waals surface area contributed by atoms with Crippen LogP contribution in [0.2, 0.25) is 0 Å². The second kappa shape index (κ2) is 3.06. The summed E-state index contributed by atoms with van der Waals surface area (Å²) in [5.74, 6) is 1.57. The lowest BCUT2D eigenvalue weighted by molar-refractivity contribution is 0.504. The lowest BCUT2D eigenvalue weighted by atomic mass is 10.1. The fourth-order valence-electron chi connectivity index (χ4n) is 1.92. The fourth-order valence-corrected chi connectivity index (χ4v) is 1.92. The minimum Gasteiger partial charge on any atom is -0.459 e. The summed E-state index contributed by atoms with van der Waals surface area (Å²) < 4.78 is 5.71. The van der Waals surface area contributed by atoms with Gasteiger partial charge in [-0.15, -0.1) is 0 Å². The van der Waals surface area contributed by atoms with Crippen LogP contribution < -0.4 is 5.32 Å². The van der Waals surface area contributed by atoms with Crippen molar-refractivity contribution in [2.75, 3.05) is 13.1 Å². The predicted octanol–water partition coefficient (Wildman–Crippen LogP) is 1.30. The van der Waals surface area contributed by atoms with Crippen LogP contribution in [0.25, 0.3) is 11.0 Å². The van der Waals surface area contributed by atoms with E-state index in [1.54, 1.807) is 12.4 Å². The smallest absolute Gasteiger partial charge is 0.156 e. The Morgan fingerprint density at radius 2 is 2.29 bits per heavy atom. The van der Waals surface area contributed by atoms with Gasteiger partial charge in [-0.25, -0.2) is 0 Å². The molecule has 72 valence electrons. The molecule has 0 aromatic carbocycles. The summed E-state index contributed by atoms with van der Waals surface area (Å²) in [6.45, 7) is 2.10. The Hall–Kier alpha value is -1.42. The summed E-state index contributed by atoms with van der Waals surface area (Å²) in [7, 11) is 0. The Bertz CT molecular complexity index is 412. The topological polar surface area (TPSA) is 51.0 Å². The Kier molecular flexibility index (Phi) is 1.73. The van der Waals surface area contributed by atoms with Gasteiger partial charge in [-0.05, 0) is 19.0 Å². The van der Waals surface area contributed by atoms with Gasteiger partial charge in [-0.3, -0.25) is 0 Å². The highest BCUT2D eigenvalue weighted by Gasteiger charge is 2.20. The molecule has 0 spiro atoms. The van der Waals surface area contributed by atoms with Crippen LogP contribution in [0.15, 0.2) is 22.9 Å². The van der Waals surface area contributed by atoms with E-state index in [2.05, 4.69) is 21.6 Å². The molecule has 1 aliphatic rings. The van der Waals surface area contributed by atoms with Gasteiger partial charge < -0.3 is 9.73 Å². The molecule has 2 aromatic heterocycles. The van der Waals surface area contributed by atoms with Crippen molar-refractivity contribution in [2.45, 2.75) is 12.3 Å². The maximum absolute atomic E-state index is 5.71. The lowest BCUT2D eigenvalue weighted by Gasteiger charge is -2.01. The van der Waals surface area contributed by atoms with E-state index in [0.717, 1.165) is 36.2 Å². The van der Waals surface area contributed by atoms with Gasteiger partial charge in [0.15, 0.2) is 5.58 Å². The number of rotatable bonds is 1. The number of hydrogen-bond acceptors (Lipinski definition) is 4. The quantitative estimate of drug-likeness (QED) is 0.734. The van der Waals surface area contributed by atoms with Crippen LogP contribution in [0.5, 0.6) is 0 Å². The molecular weight excluding hydrogens is 178 g/mol. The summed E-state index contributed by atoms with van der Waals surface area (Å²) in [5, 5.41) is 12.0. The molecule has 1 saturated heterocycles. The molecule has 3 rings (SSSR count). The molecule has 14 heavy (non-hydrogen) atoms. The predicted molar refractivity (Wildman–Crippen MR) is 52.0 cm³/mol. The highest BCUT2D eigenvalue weighted by atomic mass is 16.3. The van der Waals surface area contributed by atoms with Crippen molar-refractivity contribution in [2.24, 2.45) is 0 Å². The van der Waals surface area contributed by atoms with E-state index in [0.29, 0.717) is 5.92 Å². The first kappa shape index (κ1) is 7.94. The van der Waals surface area contributed by atoms with Crippen LogP contribution in [0.1, 0.15) is 18.1 Å². The second-order valence-corrected chi connectivity index (χ2v) is 3.65. The Balaban J connectivity index is 2.05. The van der Waals surface area contributed by atoms with Crippen LogP contribution in [0.4, 0.5) is 0 Å². The van der Waals surface area contributed by atoms with Crippen LogP contribution >= 0.6 is 0 Å². The summed E-state index contributed by atoms with van der Waals surface area (Å²) in [6, 6.07) is 2.07. The van der Waals surface area contributed by atoms with E-state index >= 15 is 0 Å². The van der Waals surface area contributed by atoms with Crippen molar-refractivity contribution in [1.82, 2.24) is 15.5 Å². The molecule has 1 fully saturated rings. The standard InChI is InChI=1S/C10H11N3O/c1-2-11-4-7(1)9-3-8-5-12-13-6-10(8)14-9/h3,5-7,11H,1-2,4H2. The molecule has 0 aliphatic carbocycles. The molecule has 0 saturated carbocycles. The zero-order valence-electron chi connectivity index (χ0n) is 7.73. The number of nitrogens with one attached hydrogen (secondary N) is 1. The van der Waals surface area contributed by atoms with Crippen molar-refractivity contribution in [3.63, 3.8) is 0 Å². The van der Waals surface area contributed by atoms with Gasteiger partial charge in [0.1, 0.15) is 5.76 Å². The first-order valence-electron chi connectivity index (χ1n) is 4.84. The van der Waals surface area contributed by atoms with E-state index in [-0.39, 0.29) is 0 Å². The zero-order chi connectivity index (χ0) is 9.38. The third-order valence-electron chi connectivity index (χ3n) is 2.71. The van der Waals surface area contributed by atoms with Gasteiger partial charge in [0, 0.05) is 17.8 Å². The van der Waals surface area contributed by atoms with Gasteiger partial charge >= 0.3 is 0 Å². The summed E-state index contributed by atoms with van der Waals surface area (Å²) in [4.78, 5) is 0. The molecule has 0 radical (unpaired) electrons. The Morgan fingerprint density at radius 3 is 3.07 bits per heavy atom. The minimum atomic E-state index is 0.516. The molecular formula is C10H11N3O. The SMILES string of the molecule is c1nncc2oc(C3CCNC3)cc12. The third-order valence-corrected chi connectivity index (χ3v) is 2.71. The highest BCUT2D eigenvalue weighted by Crippen LogP contribution is 2.27. The lowest BCUT2D eigenvalue weighted by Crippen LogP contribution is -2.07. The van der Waals surface area contributed by atoms with Gasteiger partial charge in [0.05, 0.1) is 12.4 Å². The van der Waals surface area contributed by atoms with Crippen LogP contribution in [-0.4, -0.2) is 23.3 Å². The second-order valence-electron chi connectivity index (χ2n) is 3.65. The zero-order valence-corrected chi connectivity index (χ0v) is 7.73. The Morgan fingerprint density at radius 1 is 1.36 bits per heavy atom. The molecule has 2 aromatic rings. The highest BCUT2D eigenvalue weighted by molar-refractivity contribution is 5.75. The molecule has 4 nitrogen and oxygen atoms in total. The van der Waals surface area contributed by atoms with Crippen LogP contribution in [-0.2, 0) is 0 Å². The van der Waals surface area contributed by atoms with Crippen molar-refractivity contribution >= 4 is 11.0 Å². The average Bonchev–Trinajstić information content (AvgIpc) is 2.86. The average molecular weight is 189 g/mol. The number of hydrogen-bond donors (Lipinski definition) is 1. The molecule has 4 heteroatoms. The molecule has 0 amide bonds. The van der Waals surface area contributed by atoms with Gasteiger partial charge in [-0.1, -0.05) is 0 Å². The van der Waals surface area contributed by atoms with Gasteiger partial charge in [0.25, 0.3) is 0 Å². The van der Waals surface area contributed by atoms with Crippen molar-refractivity contribution in [3.8, 4) is 0 Å². The third kappa shape index (κ3) is 1.19. The number of fused-ring (bicyclic) bond motifs is 1. The fraction of sp³-hybridized carbons (Fsp3) is 0.400. The maximum atomic E-state index is 5.71. The normalized spacial score (nSPS) is 21.9. The minimum absolute atomic E-state index is 0.516. The molecule has 3 heterocycles. The van der Waals surface area contributed by atoms with Crippen molar-refractivity contribution in [3.05, 3.63) is 24.2 Å². The maximum Gasteiger partial charge on any atom is 0.156 e. The molecule has 1 unspecified atom stereocenters. The van der Waals surface area contributed by atoms with E-state index in [1.165, 1.54) is 0 Å². The molecule has 1 N–H and O–H groups in total. The summed E-state index contributed by atoms with van der Waals surface area (Å²) in [5.41, 5.74) is 0.835.